The monoisotopic (exact) mass is 391 g/mol. The van der Waals surface area contributed by atoms with Gasteiger partial charge in [0.25, 0.3) is 0 Å². The van der Waals surface area contributed by atoms with Crippen LogP contribution >= 0.6 is 0 Å². The van der Waals surface area contributed by atoms with Crippen LogP contribution in [0.2, 0.25) is 0 Å². The maximum Gasteiger partial charge on any atom is 0.498 e. The van der Waals surface area contributed by atoms with Gasteiger partial charge in [-0.25, -0.2) is 4.79 Å². The molecule has 1 saturated carbocycles. The lowest BCUT2D eigenvalue weighted by atomic mass is 9.82. The van der Waals surface area contributed by atoms with Crippen molar-refractivity contribution in [3.05, 3.63) is 12.4 Å². The number of nitrogens with zero attached hydrogens (tertiary/aromatic N) is 2. The number of nitrogens with one attached hydrogen (secondary N) is 1. The van der Waals surface area contributed by atoms with E-state index in [0.29, 0.717) is 6.04 Å². The van der Waals surface area contributed by atoms with Crippen LogP contribution in [0.1, 0.15) is 80.2 Å². The van der Waals surface area contributed by atoms with Crippen molar-refractivity contribution in [3.63, 3.8) is 0 Å². The molecular weight excluding hydrogens is 357 g/mol. The van der Waals surface area contributed by atoms with Gasteiger partial charge in [-0.2, -0.15) is 5.10 Å². The molecule has 1 aliphatic carbocycles. The second-order valence-electron chi connectivity index (χ2n) is 9.99. The van der Waals surface area contributed by atoms with Crippen molar-refractivity contribution in [2.75, 3.05) is 0 Å². The number of aromatic nitrogens is 2. The molecule has 2 fully saturated rings. The summed E-state index contributed by atoms with van der Waals surface area (Å²) >= 11 is 0. The Morgan fingerprint density at radius 1 is 1.18 bits per heavy atom. The zero-order valence-electron chi connectivity index (χ0n) is 18.2. The highest BCUT2D eigenvalue weighted by Crippen LogP contribution is 2.36. The number of amides is 1. The van der Waals surface area contributed by atoms with Crippen LogP contribution in [0.4, 0.5) is 4.79 Å². The van der Waals surface area contributed by atoms with Crippen LogP contribution in [0.5, 0.6) is 0 Å². The molecule has 1 amide bonds. The number of alkyl carbamates (subject to hydrolysis) is 1. The van der Waals surface area contributed by atoms with Crippen LogP contribution in [0.25, 0.3) is 0 Å². The molecule has 0 radical (unpaired) electrons. The molecule has 0 unspecified atom stereocenters. The molecule has 1 aliphatic heterocycles. The van der Waals surface area contributed by atoms with E-state index in [9.17, 15) is 4.79 Å². The Balaban J connectivity index is 1.53. The molecule has 3 rings (SSSR count). The smallest absolute Gasteiger partial charge is 0.444 e. The average Bonchev–Trinajstić information content (AvgIpc) is 3.09. The molecule has 8 heteroatoms. The van der Waals surface area contributed by atoms with Gasteiger partial charge in [-0.1, -0.05) is 0 Å². The molecular formula is C20H34BN3O4. The second kappa shape index (κ2) is 7.37. The lowest BCUT2D eigenvalue weighted by Crippen LogP contribution is -2.41. The first kappa shape index (κ1) is 21.2. The minimum absolute atomic E-state index is 0.157. The normalized spacial score (nSPS) is 26.9. The van der Waals surface area contributed by atoms with Gasteiger partial charge >= 0.3 is 13.2 Å². The lowest BCUT2D eigenvalue weighted by molar-refractivity contribution is 0.00578. The van der Waals surface area contributed by atoms with Gasteiger partial charge < -0.3 is 19.4 Å². The molecule has 0 aromatic carbocycles. The van der Waals surface area contributed by atoms with E-state index in [1.54, 1.807) is 0 Å². The molecule has 1 aromatic heterocycles. The summed E-state index contributed by atoms with van der Waals surface area (Å²) < 4.78 is 19.6. The molecule has 0 spiro atoms. The Morgan fingerprint density at radius 3 is 2.29 bits per heavy atom. The largest absolute Gasteiger partial charge is 0.498 e. The Labute approximate surface area is 168 Å². The highest BCUT2D eigenvalue weighted by molar-refractivity contribution is 6.62. The van der Waals surface area contributed by atoms with E-state index < -0.39 is 5.60 Å². The van der Waals surface area contributed by atoms with Crippen molar-refractivity contribution < 1.29 is 18.8 Å². The molecule has 2 aliphatic rings. The summed E-state index contributed by atoms with van der Waals surface area (Å²) in [5.74, 6) is 0. The summed E-state index contributed by atoms with van der Waals surface area (Å²) in [5.41, 5.74) is -0.232. The zero-order valence-corrected chi connectivity index (χ0v) is 18.2. The Morgan fingerprint density at radius 2 is 1.75 bits per heavy atom. The summed E-state index contributed by atoms with van der Waals surface area (Å²) in [6, 6.07) is 0.483. The Kier molecular flexibility index (Phi) is 5.58. The summed E-state index contributed by atoms with van der Waals surface area (Å²) in [5, 5.41) is 7.54. The number of rotatable bonds is 3. The second-order valence-corrected chi connectivity index (χ2v) is 9.99. The van der Waals surface area contributed by atoms with Crippen LogP contribution < -0.4 is 10.8 Å². The summed E-state index contributed by atoms with van der Waals surface area (Å²) in [6.45, 7) is 13.8. The molecule has 2 heterocycles. The number of ether oxygens (including phenoxy) is 1. The topological polar surface area (TPSA) is 74.6 Å². The van der Waals surface area contributed by atoms with Gasteiger partial charge in [-0.05, 0) is 74.1 Å². The van der Waals surface area contributed by atoms with Crippen LogP contribution in [-0.2, 0) is 14.0 Å². The minimum atomic E-state index is -0.472. The molecule has 7 nitrogen and oxygen atoms in total. The third-order valence-electron chi connectivity index (χ3n) is 5.94. The van der Waals surface area contributed by atoms with Crippen LogP contribution in [0.15, 0.2) is 12.4 Å². The van der Waals surface area contributed by atoms with E-state index in [0.717, 1.165) is 31.1 Å². The SMILES string of the molecule is CC(C)(C)OC(=O)N[C@H]1CC[C@@H](n2cc(B3OC(C)(C)C(C)(C)O3)cn2)CC1. The van der Waals surface area contributed by atoms with Gasteiger partial charge in [0.15, 0.2) is 0 Å². The third-order valence-corrected chi connectivity index (χ3v) is 5.94. The fraction of sp³-hybridized carbons (Fsp3) is 0.800. The first-order valence-electron chi connectivity index (χ1n) is 10.3. The third kappa shape index (κ3) is 4.71. The van der Waals surface area contributed by atoms with Gasteiger partial charge in [-0.3, -0.25) is 4.68 Å². The molecule has 0 bridgehead atoms. The standard InChI is InChI=1S/C20H34BN3O4/c1-18(2,3)26-17(25)23-15-8-10-16(11-9-15)24-13-14(12-22-24)21-27-19(4,5)20(6,7)28-21/h12-13,15-16H,8-11H2,1-7H3,(H,23,25)/t15-,16+. The number of carbonyl (C=O) groups is 1. The van der Waals surface area contributed by atoms with Crippen LogP contribution in [0, 0.1) is 0 Å². The number of hydrogen-bond acceptors (Lipinski definition) is 5. The first-order chi connectivity index (χ1) is 12.9. The maximum absolute atomic E-state index is 12.0. The Hall–Kier alpha value is -1.54. The fourth-order valence-electron chi connectivity index (χ4n) is 3.61. The number of carbonyl (C=O) groups excluding carboxylic acids is 1. The van der Waals surface area contributed by atoms with Gasteiger partial charge in [0, 0.05) is 23.9 Å². The highest BCUT2D eigenvalue weighted by Gasteiger charge is 2.52. The Bertz CT molecular complexity index is 687. The van der Waals surface area contributed by atoms with E-state index >= 15 is 0 Å². The van der Waals surface area contributed by atoms with Crippen molar-refractivity contribution in [3.8, 4) is 0 Å². The van der Waals surface area contributed by atoms with Gasteiger partial charge in [0.05, 0.1) is 17.2 Å². The van der Waals surface area contributed by atoms with E-state index in [-0.39, 0.29) is 30.5 Å². The van der Waals surface area contributed by atoms with Crippen molar-refractivity contribution in [1.82, 2.24) is 15.1 Å². The summed E-state index contributed by atoms with van der Waals surface area (Å²) in [6.07, 6.45) is 7.29. The maximum atomic E-state index is 12.0. The van der Waals surface area contributed by atoms with E-state index in [1.165, 1.54) is 0 Å². The van der Waals surface area contributed by atoms with Crippen molar-refractivity contribution in [2.45, 2.75) is 103 Å². The van der Waals surface area contributed by atoms with Crippen molar-refractivity contribution in [2.24, 2.45) is 0 Å². The molecule has 0 atom stereocenters. The van der Waals surface area contributed by atoms with Crippen molar-refractivity contribution in [1.29, 1.82) is 0 Å². The van der Waals surface area contributed by atoms with E-state index in [4.69, 9.17) is 14.0 Å². The van der Waals surface area contributed by atoms with E-state index in [2.05, 4.69) is 38.1 Å². The first-order valence-corrected chi connectivity index (χ1v) is 10.3. The van der Waals surface area contributed by atoms with Gasteiger partial charge in [0.1, 0.15) is 5.60 Å². The van der Waals surface area contributed by atoms with Gasteiger partial charge in [-0.15, -0.1) is 0 Å². The molecule has 1 aromatic rings. The number of hydrogen-bond donors (Lipinski definition) is 1. The molecule has 28 heavy (non-hydrogen) atoms. The van der Waals surface area contributed by atoms with Crippen LogP contribution in [-0.4, -0.2) is 45.8 Å². The van der Waals surface area contributed by atoms with Gasteiger partial charge in [0.2, 0.25) is 0 Å². The minimum Gasteiger partial charge on any atom is -0.444 e. The van der Waals surface area contributed by atoms with E-state index in [1.807, 2.05) is 37.8 Å². The summed E-state index contributed by atoms with van der Waals surface area (Å²) in [4.78, 5) is 12.0. The predicted octanol–water partition coefficient (Wildman–Crippen LogP) is 3.19. The predicted molar refractivity (Wildman–Crippen MR) is 109 cm³/mol. The summed E-state index contributed by atoms with van der Waals surface area (Å²) in [7, 11) is -0.385. The van der Waals surface area contributed by atoms with Crippen LogP contribution in [0.3, 0.4) is 0 Å². The molecule has 1 saturated heterocycles. The molecule has 1 N–H and O–H groups in total. The molecule has 156 valence electrons. The average molecular weight is 391 g/mol. The highest BCUT2D eigenvalue weighted by atomic mass is 16.7. The zero-order chi connectivity index (χ0) is 20.7. The fourth-order valence-corrected chi connectivity index (χ4v) is 3.61. The quantitative estimate of drug-likeness (QED) is 0.801. The van der Waals surface area contributed by atoms with Crippen molar-refractivity contribution >= 4 is 18.7 Å². The lowest BCUT2D eigenvalue weighted by Gasteiger charge is -2.32.